The predicted molar refractivity (Wildman–Crippen MR) is 113 cm³/mol. The lowest BCUT2D eigenvalue weighted by molar-refractivity contribution is 0.0601. The van der Waals surface area contributed by atoms with Crippen LogP contribution in [0.1, 0.15) is 16.2 Å². The summed E-state index contributed by atoms with van der Waals surface area (Å²) >= 11 is 2.83. The van der Waals surface area contributed by atoms with E-state index in [1.165, 1.54) is 30.2 Å². The quantitative estimate of drug-likeness (QED) is 0.356. The highest BCUT2D eigenvalue weighted by atomic mass is 32.2. The van der Waals surface area contributed by atoms with Gasteiger partial charge in [0.05, 0.1) is 29.3 Å². The van der Waals surface area contributed by atoms with Crippen LogP contribution in [-0.2, 0) is 10.5 Å². The molecule has 0 bridgehead atoms. The normalized spacial score (nSPS) is 10.8. The van der Waals surface area contributed by atoms with Gasteiger partial charge in [0.1, 0.15) is 5.82 Å². The molecule has 2 heterocycles. The fourth-order valence-electron chi connectivity index (χ4n) is 2.59. The van der Waals surface area contributed by atoms with E-state index in [1.54, 1.807) is 18.2 Å². The van der Waals surface area contributed by atoms with Crippen molar-refractivity contribution in [2.75, 3.05) is 12.4 Å². The maximum absolute atomic E-state index is 12.3. The van der Waals surface area contributed by atoms with E-state index in [9.17, 15) is 9.59 Å². The second-order valence-electron chi connectivity index (χ2n) is 5.89. The molecule has 29 heavy (non-hydrogen) atoms. The molecule has 4 aromatic rings. The summed E-state index contributed by atoms with van der Waals surface area (Å²) in [5.41, 5.74) is 1.46. The number of hydrogen-bond donors (Lipinski definition) is 2. The summed E-state index contributed by atoms with van der Waals surface area (Å²) in [4.78, 5) is 31.3. The van der Waals surface area contributed by atoms with Crippen LogP contribution < -0.4 is 10.9 Å². The van der Waals surface area contributed by atoms with Crippen LogP contribution in [0.2, 0.25) is 0 Å². The third-order valence-electron chi connectivity index (χ3n) is 3.94. The number of carbonyl (C=O) groups is 1. The molecule has 0 unspecified atom stereocenters. The van der Waals surface area contributed by atoms with Gasteiger partial charge in [-0.25, -0.2) is 9.78 Å². The Morgan fingerprint density at radius 3 is 2.83 bits per heavy atom. The summed E-state index contributed by atoms with van der Waals surface area (Å²) in [6.45, 7) is 0. The number of aromatic amines is 1. The number of para-hydroxylation sites is 1. The Hall–Kier alpha value is -3.24. The molecular weight excluding hydrogens is 410 g/mol. The van der Waals surface area contributed by atoms with Crippen molar-refractivity contribution >= 4 is 50.8 Å². The number of H-pyrrole nitrogens is 1. The fraction of sp³-hybridized carbons (Fsp3) is 0.105. The molecule has 0 saturated carbocycles. The molecule has 10 heteroatoms. The molecule has 0 amide bonds. The lowest BCUT2D eigenvalue weighted by atomic mass is 10.1. The Kier molecular flexibility index (Phi) is 5.54. The molecule has 8 nitrogen and oxygen atoms in total. The van der Waals surface area contributed by atoms with Crippen LogP contribution in [0.25, 0.3) is 10.9 Å². The number of nitrogens with zero attached hydrogens (tertiary/aromatic N) is 3. The molecule has 0 aliphatic rings. The first-order valence-electron chi connectivity index (χ1n) is 8.52. The van der Waals surface area contributed by atoms with Gasteiger partial charge in [-0.1, -0.05) is 41.3 Å². The van der Waals surface area contributed by atoms with Gasteiger partial charge >= 0.3 is 5.97 Å². The lowest BCUT2D eigenvalue weighted by Gasteiger charge is -2.04. The SMILES string of the molecule is COC(=O)c1ccc2c(=O)[nH]c(CSc3nnc(Nc4ccccc4)s3)nc2c1. The number of anilines is 2. The van der Waals surface area contributed by atoms with Crippen molar-refractivity contribution in [3.05, 3.63) is 70.3 Å². The van der Waals surface area contributed by atoms with E-state index in [2.05, 4.69) is 25.5 Å². The van der Waals surface area contributed by atoms with E-state index >= 15 is 0 Å². The molecule has 0 aliphatic carbocycles. The number of benzene rings is 2. The van der Waals surface area contributed by atoms with E-state index in [0.29, 0.717) is 33.2 Å². The fourth-order valence-corrected chi connectivity index (χ4v) is 4.24. The van der Waals surface area contributed by atoms with Gasteiger partial charge in [-0.15, -0.1) is 10.2 Å². The van der Waals surface area contributed by atoms with Crippen LogP contribution >= 0.6 is 23.1 Å². The molecular formula is C19H15N5O3S2. The van der Waals surface area contributed by atoms with Crippen molar-refractivity contribution in [2.45, 2.75) is 10.1 Å². The molecule has 0 radical (unpaired) electrons. The molecule has 0 fully saturated rings. The zero-order valence-corrected chi connectivity index (χ0v) is 16.8. The Bertz CT molecular complexity index is 1220. The van der Waals surface area contributed by atoms with E-state index in [-0.39, 0.29) is 5.56 Å². The Morgan fingerprint density at radius 2 is 2.03 bits per heavy atom. The Labute approximate surface area is 173 Å². The van der Waals surface area contributed by atoms with Crippen molar-refractivity contribution in [3.63, 3.8) is 0 Å². The summed E-state index contributed by atoms with van der Waals surface area (Å²) in [6, 6.07) is 14.4. The first-order valence-corrected chi connectivity index (χ1v) is 10.3. The number of nitrogens with one attached hydrogen (secondary N) is 2. The van der Waals surface area contributed by atoms with Crippen molar-refractivity contribution in [1.82, 2.24) is 20.2 Å². The molecule has 0 aliphatic heterocycles. The smallest absolute Gasteiger partial charge is 0.337 e. The third kappa shape index (κ3) is 4.44. The maximum atomic E-state index is 12.3. The van der Waals surface area contributed by atoms with Gasteiger partial charge in [-0.05, 0) is 30.3 Å². The summed E-state index contributed by atoms with van der Waals surface area (Å²) in [6.07, 6.45) is 0. The number of esters is 1. The standard InChI is InChI=1S/C19H15N5O3S2/c1-27-17(26)11-7-8-13-14(9-11)21-15(22-16(13)25)10-28-19-24-23-18(29-19)20-12-5-3-2-4-6-12/h2-9H,10H2,1H3,(H,20,23)(H,21,22,25). The predicted octanol–water partition coefficient (Wildman–Crippen LogP) is 3.60. The van der Waals surface area contributed by atoms with Gasteiger partial charge in [0.25, 0.3) is 5.56 Å². The van der Waals surface area contributed by atoms with Gasteiger partial charge in [0, 0.05) is 5.69 Å². The van der Waals surface area contributed by atoms with Gasteiger partial charge in [0.15, 0.2) is 4.34 Å². The summed E-state index contributed by atoms with van der Waals surface area (Å²) in [5.74, 6) is 0.424. The summed E-state index contributed by atoms with van der Waals surface area (Å²) in [5, 5.41) is 12.6. The van der Waals surface area contributed by atoms with Gasteiger partial charge in [-0.2, -0.15) is 0 Å². The largest absolute Gasteiger partial charge is 0.465 e. The lowest BCUT2D eigenvalue weighted by Crippen LogP contribution is -2.12. The molecule has 2 aromatic heterocycles. The number of methoxy groups -OCH3 is 1. The van der Waals surface area contributed by atoms with Crippen molar-refractivity contribution in [1.29, 1.82) is 0 Å². The second kappa shape index (κ2) is 8.41. The Morgan fingerprint density at radius 1 is 1.21 bits per heavy atom. The summed E-state index contributed by atoms with van der Waals surface area (Å²) in [7, 11) is 1.31. The zero-order valence-electron chi connectivity index (χ0n) is 15.2. The highest BCUT2D eigenvalue weighted by molar-refractivity contribution is 8.00. The number of hydrogen-bond acceptors (Lipinski definition) is 9. The minimum absolute atomic E-state index is 0.259. The van der Waals surface area contributed by atoms with Crippen LogP contribution in [0.3, 0.4) is 0 Å². The van der Waals surface area contributed by atoms with Crippen LogP contribution in [0, 0.1) is 0 Å². The van der Waals surface area contributed by atoms with Crippen molar-refractivity contribution in [3.8, 4) is 0 Å². The van der Waals surface area contributed by atoms with Crippen molar-refractivity contribution < 1.29 is 9.53 Å². The topological polar surface area (TPSA) is 110 Å². The minimum Gasteiger partial charge on any atom is -0.465 e. The molecule has 2 N–H and O–H groups in total. The average Bonchev–Trinajstić information content (AvgIpc) is 3.19. The van der Waals surface area contributed by atoms with Gasteiger partial charge in [-0.3, -0.25) is 4.79 Å². The number of fused-ring (bicyclic) bond motifs is 1. The zero-order chi connectivity index (χ0) is 20.2. The van der Waals surface area contributed by atoms with E-state index in [1.807, 2.05) is 30.3 Å². The second-order valence-corrected chi connectivity index (χ2v) is 8.09. The number of aromatic nitrogens is 4. The molecule has 0 saturated heterocycles. The molecule has 146 valence electrons. The molecule has 2 aromatic carbocycles. The highest BCUT2D eigenvalue weighted by Crippen LogP contribution is 2.29. The van der Waals surface area contributed by atoms with E-state index in [0.717, 1.165) is 10.0 Å². The molecule has 0 atom stereocenters. The van der Waals surface area contributed by atoms with Crippen LogP contribution in [0.5, 0.6) is 0 Å². The monoisotopic (exact) mass is 425 g/mol. The maximum Gasteiger partial charge on any atom is 0.337 e. The van der Waals surface area contributed by atoms with Crippen LogP contribution in [-0.4, -0.2) is 33.2 Å². The summed E-state index contributed by atoms with van der Waals surface area (Å²) < 4.78 is 5.46. The first-order chi connectivity index (χ1) is 14.1. The van der Waals surface area contributed by atoms with Crippen molar-refractivity contribution in [2.24, 2.45) is 0 Å². The number of rotatable bonds is 6. The van der Waals surface area contributed by atoms with E-state index in [4.69, 9.17) is 4.74 Å². The minimum atomic E-state index is -0.475. The third-order valence-corrected chi connectivity index (χ3v) is 5.92. The van der Waals surface area contributed by atoms with Gasteiger partial charge in [0.2, 0.25) is 5.13 Å². The van der Waals surface area contributed by atoms with Gasteiger partial charge < -0.3 is 15.0 Å². The highest BCUT2D eigenvalue weighted by Gasteiger charge is 2.11. The first kappa shape index (κ1) is 19.1. The molecule has 4 rings (SSSR count). The van der Waals surface area contributed by atoms with Crippen LogP contribution in [0.15, 0.2) is 57.7 Å². The Balaban J connectivity index is 1.49. The number of thioether (sulfide) groups is 1. The molecule has 0 spiro atoms. The number of carbonyl (C=O) groups excluding carboxylic acids is 1. The average molecular weight is 425 g/mol. The number of ether oxygens (including phenoxy) is 1. The van der Waals surface area contributed by atoms with E-state index < -0.39 is 5.97 Å². The van der Waals surface area contributed by atoms with Crippen LogP contribution in [0.4, 0.5) is 10.8 Å².